The third-order valence-corrected chi connectivity index (χ3v) is 9.71. The molecule has 2 heterocycles. The number of carbonyl (C=O) groups excluding carboxylic acids is 1. The first kappa shape index (κ1) is 32.0. The van der Waals surface area contributed by atoms with Crippen molar-refractivity contribution in [1.29, 1.82) is 0 Å². The van der Waals surface area contributed by atoms with Crippen molar-refractivity contribution in [3.05, 3.63) is 84.1 Å². The number of aromatic nitrogens is 4. The zero-order chi connectivity index (χ0) is 30.7. The summed E-state index contributed by atoms with van der Waals surface area (Å²) in [5.74, 6) is 2.10. The molecule has 2 aliphatic carbocycles. The molecule has 2 N–H and O–H groups in total. The predicted octanol–water partition coefficient (Wildman–Crippen LogP) is 7.30. The summed E-state index contributed by atoms with van der Waals surface area (Å²) in [4.78, 5) is 35.6. The van der Waals surface area contributed by atoms with Gasteiger partial charge in [0.05, 0.1) is 13.1 Å². The molecule has 0 atom stereocenters. The summed E-state index contributed by atoms with van der Waals surface area (Å²) >= 11 is 0. The molecule has 0 aliphatic heterocycles. The lowest BCUT2D eigenvalue weighted by Gasteiger charge is -2.43. The lowest BCUT2D eigenvalue weighted by molar-refractivity contribution is 0.0721. The highest BCUT2D eigenvalue weighted by Gasteiger charge is 2.31. The molecule has 2 aromatic heterocycles. The van der Waals surface area contributed by atoms with Gasteiger partial charge in [0.1, 0.15) is 11.6 Å². The van der Waals surface area contributed by atoms with E-state index in [9.17, 15) is 4.79 Å². The molecule has 0 radical (unpaired) electrons. The number of benzene rings is 1. The minimum Gasteiger partial charge on any atom is -0.372 e. The molecule has 238 valence electrons. The molecule has 1 aromatic carbocycles. The van der Waals surface area contributed by atoms with E-state index in [1.807, 2.05) is 12.1 Å². The van der Waals surface area contributed by atoms with E-state index in [-0.39, 0.29) is 5.91 Å². The first-order valence-electron chi connectivity index (χ1n) is 17.1. The second-order valence-corrected chi connectivity index (χ2v) is 12.9. The maximum atomic E-state index is 13.6. The summed E-state index contributed by atoms with van der Waals surface area (Å²) < 4.78 is 0. The number of nitrogens with one attached hydrogen (secondary N) is 2. The molecule has 8 heteroatoms. The van der Waals surface area contributed by atoms with Gasteiger partial charge >= 0.3 is 0 Å². The van der Waals surface area contributed by atoms with Gasteiger partial charge in [-0.1, -0.05) is 51.8 Å². The molecule has 0 unspecified atom stereocenters. The lowest BCUT2D eigenvalue weighted by Crippen LogP contribution is -2.42. The average Bonchev–Trinajstić information content (AvgIpc) is 3.78. The van der Waals surface area contributed by atoms with E-state index < -0.39 is 0 Å². The van der Waals surface area contributed by atoms with Crippen LogP contribution >= 0.6 is 0 Å². The molecule has 0 bridgehead atoms. The van der Waals surface area contributed by atoms with Crippen molar-refractivity contribution >= 4 is 5.91 Å². The minimum absolute atomic E-state index is 0.0290. The van der Waals surface area contributed by atoms with Crippen molar-refractivity contribution in [3.63, 3.8) is 0 Å². The van der Waals surface area contributed by atoms with Gasteiger partial charge in [0.25, 0.3) is 5.91 Å². The molecule has 2 fully saturated rings. The van der Waals surface area contributed by atoms with E-state index in [2.05, 4.69) is 55.7 Å². The summed E-state index contributed by atoms with van der Waals surface area (Å²) in [6.07, 6.45) is 21.1. The Hall–Kier alpha value is -3.39. The van der Waals surface area contributed by atoms with Crippen LogP contribution in [0.1, 0.15) is 112 Å². The molecular weight excluding hydrogens is 546 g/mol. The molecule has 5 rings (SSSR count). The van der Waals surface area contributed by atoms with Crippen LogP contribution in [0.15, 0.2) is 61.3 Å². The van der Waals surface area contributed by atoms with Crippen LogP contribution in [-0.4, -0.2) is 65.7 Å². The minimum atomic E-state index is -0.0290. The SMILES string of the molecule is C=C(C1CCC(N(CCC)Cc2ccc(C(=O)N(Cc3ncc[nH]3)Cc3ncc[nH]3)cc2)CC1)N(CCC)C1CCCCC1. The number of H-pyrrole nitrogens is 2. The standard InChI is InChI=1S/C36H53N7O/c1-4-23-41(32-17-15-30(16-18-32)28(3)43(24-5-2)33-9-7-6-8-10-33)25-29-11-13-31(14-12-29)36(44)42(26-34-37-19-20-38-34)27-35-39-21-22-40-35/h11-14,19-22,30,32-33H,3-10,15-18,23-27H2,1-2H3,(H,37,38)(H,39,40). The Morgan fingerprint density at radius 2 is 1.41 bits per heavy atom. The molecule has 1 amide bonds. The smallest absolute Gasteiger partial charge is 0.254 e. The zero-order valence-corrected chi connectivity index (χ0v) is 27.0. The number of hydrogen-bond acceptors (Lipinski definition) is 5. The van der Waals surface area contributed by atoms with Crippen molar-refractivity contribution in [3.8, 4) is 0 Å². The number of carbonyl (C=O) groups is 1. The van der Waals surface area contributed by atoms with Gasteiger partial charge in [-0.2, -0.15) is 0 Å². The molecule has 8 nitrogen and oxygen atoms in total. The fraction of sp³-hybridized carbons (Fsp3) is 0.583. The fourth-order valence-corrected chi connectivity index (χ4v) is 7.38. The highest BCUT2D eigenvalue weighted by atomic mass is 16.2. The van der Waals surface area contributed by atoms with Gasteiger partial charge in [0.15, 0.2) is 0 Å². The summed E-state index contributed by atoms with van der Waals surface area (Å²) in [5.41, 5.74) is 3.37. The number of nitrogens with zero attached hydrogens (tertiary/aromatic N) is 5. The van der Waals surface area contributed by atoms with Crippen LogP contribution in [0.5, 0.6) is 0 Å². The van der Waals surface area contributed by atoms with Crippen LogP contribution in [-0.2, 0) is 19.6 Å². The largest absolute Gasteiger partial charge is 0.372 e. The van der Waals surface area contributed by atoms with Crippen molar-refractivity contribution in [2.75, 3.05) is 13.1 Å². The van der Waals surface area contributed by atoms with Crippen molar-refractivity contribution in [1.82, 2.24) is 34.6 Å². The van der Waals surface area contributed by atoms with Gasteiger partial charge in [0, 0.05) is 61.2 Å². The van der Waals surface area contributed by atoms with Crippen LogP contribution in [0.25, 0.3) is 0 Å². The van der Waals surface area contributed by atoms with E-state index in [1.165, 1.54) is 75.5 Å². The molecular formula is C36H53N7O. The van der Waals surface area contributed by atoms with Crippen molar-refractivity contribution < 1.29 is 4.79 Å². The third kappa shape index (κ3) is 8.40. The predicted molar refractivity (Wildman–Crippen MR) is 177 cm³/mol. The van der Waals surface area contributed by atoms with E-state index in [4.69, 9.17) is 6.58 Å². The number of amides is 1. The second-order valence-electron chi connectivity index (χ2n) is 12.9. The number of hydrogen-bond donors (Lipinski definition) is 2. The molecule has 44 heavy (non-hydrogen) atoms. The molecule has 0 spiro atoms. The number of rotatable bonds is 15. The van der Waals surface area contributed by atoms with Crippen molar-refractivity contribution in [2.24, 2.45) is 5.92 Å². The molecule has 3 aromatic rings. The summed E-state index contributed by atoms with van der Waals surface area (Å²) in [5, 5.41) is 0. The average molecular weight is 600 g/mol. The van der Waals surface area contributed by atoms with Crippen LogP contribution in [0.4, 0.5) is 0 Å². The van der Waals surface area contributed by atoms with Gasteiger partial charge in [-0.25, -0.2) is 9.97 Å². The fourth-order valence-electron chi connectivity index (χ4n) is 7.38. The van der Waals surface area contributed by atoms with E-state index in [0.29, 0.717) is 36.7 Å². The van der Waals surface area contributed by atoms with Gasteiger partial charge in [-0.3, -0.25) is 9.69 Å². The Kier molecular flexibility index (Phi) is 11.7. The van der Waals surface area contributed by atoms with Crippen LogP contribution in [0, 0.1) is 5.92 Å². The topological polar surface area (TPSA) is 84.1 Å². The Morgan fingerprint density at radius 1 is 0.795 bits per heavy atom. The van der Waals surface area contributed by atoms with Crippen LogP contribution in [0.2, 0.25) is 0 Å². The number of aromatic amines is 2. The van der Waals surface area contributed by atoms with E-state index in [1.54, 1.807) is 29.7 Å². The first-order valence-corrected chi connectivity index (χ1v) is 17.1. The molecule has 0 saturated heterocycles. The number of allylic oxidation sites excluding steroid dienone is 1. The van der Waals surface area contributed by atoms with Gasteiger partial charge in [-0.05, 0) is 81.5 Å². The van der Waals surface area contributed by atoms with Gasteiger partial charge < -0.3 is 19.8 Å². The summed E-state index contributed by atoms with van der Waals surface area (Å²) in [7, 11) is 0. The van der Waals surface area contributed by atoms with Gasteiger partial charge in [-0.15, -0.1) is 0 Å². The van der Waals surface area contributed by atoms with E-state index >= 15 is 0 Å². The second kappa shape index (κ2) is 16.1. The Bertz CT molecular complexity index is 1220. The van der Waals surface area contributed by atoms with Crippen LogP contribution < -0.4 is 0 Å². The van der Waals surface area contributed by atoms with Gasteiger partial charge in [0.2, 0.25) is 0 Å². The normalized spacial score (nSPS) is 19.2. The van der Waals surface area contributed by atoms with E-state index in [0.717, 1.165) is 37.7 Å². The summed E-state index contributed by atoms with van der Waals surface area (Å²) in [6.45, 7) is 13.2. The quantitative estimate of drug-likeness (QED) is 0.191. The maximum absolute atomic E-state index is 13.6. The number of imidazole rings is 2. The monoisotopic (exact) mass is 599 g/mol. The highest BCUT2D eigenvalue weighted by Crippen LogP contribution is 2.36. The molecule has 2 saturated carbocycles. The Morgan fingerprint density at radius 3 is 1.95 bits per heavy atom. The first-order chi connectivity index (χ1) is 21.6. The lowest BCUT2D eigenvalue weighted by atomic mass is 9.82. The molecule has 2 aliphatic rings. The Labute approximate surface area is 264 Å². The van der Waals surface area contributed by atoms with Crippen molar-refractivity contribution in [2.45, 2.75) is 116 Å². The van der Waals surface area contributed by atoms with Crippen LogP contribution in [0.3, 0.4) is 0 Å². The summed E-state index contributed by atoms with van der Waals surface area (Å²) in [6, 6.07) is 9.54. The highest BCUT2D eigenvalue weighted by molar-refractivity contribution is 5.94. The third-order valence-electron chi connectivity index (χ3n) is 9.71. The Balaban J connectivity index is 1.18. The maximum Gasteiger partial charge on any atom is 0.254 e. The zero-order valence-electron chi connectivity index (χ0n) is 27.0.